The van der Waals surface area contributed by atoms with Crippen LogP contribution in [0.4, 0.5) is 4.79 Å². The lowest BCUT2D eigenvalue weighted by Crippen LogP contribution is -2.46. The van der Waals surface area contributed by atoms with E-state index in [1.165, 1.54) is 6.92 Å². The van der Waals surface area contributed by atoms with Gasteiger partial charge in [0.1, 0.15) is 12.1 Å². The lowest BCUT2D eigenvalue weighted by Gasteiger charge is -2.20. The Bertz CT molecular complexity index is 434. The average Bonchev–Trinajstić information content (AvgIpc) is 2.37. The summed E-state index contributed by atoms with van der Waals surface area (Å²) in [5.41, 5.74) is -0.661. The first-order valence-electron chi connectivity index (χ1n) is 6.72. The molecule has 22 heavy (non-hydrogen) atoms. The smallest absolute Gasteiger partial charge is 0.408 e. The van der Waals surface area contributed by atoms with E-state index < -0.39 is 29.4 Å². The van der Waals surface area contributed by atoms with Crippen molar-refractivity contribution in [1.82, 2.24) is 15.5 Å². The van der Waals surface area contributed by atoms with Gasteiger partial charge in [0, 0.05) is 19.2 Å². The van der Waals surface area contributed by atoms with Crippen LogP contribution in [0.2, 0.25) is 0 Å². The van der Waals surface area contributed by atoms with Gasteiger partial charge in [-0.2, -0.15) is 12.6 Å². The minimum absolute atomic E-state index is 0.170. The molecule has 0 spiro atoms. The zero-order chi connectivity index (χ0) is 17.3. The van der Waals surface area contributed by atoms with Crippen molar-refractivity contribution in [2.45, 2.75) is 33.3 Å². The molecule has 0 aromatic carbocycles. The van der Waals surface area contributed by atoms with Crippen molar-refractivity contribution in [2.75, 3.05) is 25.4 Å². The number of alkyl carbamates (subject to hydrolysis) is 1. The number of nitrogens with one attached hydrogen (secondary N) is 2. The number of carbonyl (C=O) groups is 4. The summed E-state index contributed by atoms with van der Waals surface area (Å²) >= 11 is 3.95. The first-order valence-corrected chi connectivity index (χ1v) is 7.35. The molecule has 0 atom stereocenters. The quantitative estimate of drug-likeness (QED) is 0.590. The highest BCUT2D eigenvalue weighted by Crippen LogP contribution is 2.05. The summed E-state index contributed by atoms with van der Waals surface area (Å²) in [6.07, 6.45) is -0.727. The lowest BCUT2D eigenvalue weighted by molar-refractivity contribution is -0.143. The van der Waals surface area contributed by atoms with Gasteiger partial charge in [-0.1, -0.05) is 0 Å². The van der Waals surface area contributed by atoms with Crippen LogP contribution < -0.4 is 10.6 Å². The molecule has 0 aliphatic heterocycles. The minimum Gasteiger partial charge on any atom is -0.444 e. The first kappa shape index (κ1) is 20.2. The van der Waals surface area contributed by atoms with Crippen LogP contribution in [0.3, 0.4) is 0 Å². The van der Waals surface area contributed by atoms with Crippen LogP contribution in [0.1, 0.15) is 27.7 Å². The van der Waals surface area contributed by atoms with Gasteiger partial charge in [0.2, 0.25) is 17.7 Å². The fourth-order valence-electron chi connectivity index (χ4n) is 1.36. The number of hydrogen-bond donors (Lipinski definition) is 3. The lowest BCUT2D eigenvalue weighted by atomic mass is 10.2. The predicted octanol–water partition coefficient (Wildman–Crippen LogP) is -0.0678. The second-order valence-corrected chi connectivity index (χ2v) is 5.87. The van der Waals surface area contributed by atoms with E-state index in [1.807, 2.05) is 0 Å². The Kier molecular flexibility index (Phi) is 8.54. The van der Waals surface area contributed by atoms with Crippen LogP contribution in [0.15, 0.2) is 0 Å². The highest BCUT2D eigenvalue weighted by atomic mass is 32.1. The summed E-state index contributed by atoms with van der Waals surface area (Å²) in [5.74, 6) is -1.18. The van der Waals surface area contributed by atoms with Crippen LogP contribution in [-0.4, -0.2) is 59.7 Å². The second kappa shape index (κ2) is 9.29. The summed E-state index contributed by atoms with van der Waals surface area (Å²) in [7, 11) is 0. The third kappa shape index (κ3) is 9.22. The maximum Gasteiger partial charge on any atom is 0.408 e. The summed E-state index contributed by atoms with van der Waals surface area (Å²) in [5, 5.41) is 4.58. The Hall–Kier alpha value is -1.77. The third-order valence-electron chi connectivity index (χ3n) is 2.23. The van der Waals surface area contributed by atoms with E-state index in [2.05, 4.69) is 23.3 Å². The molecule has 0 aliphatic carbocycles. The van der Waals surface area contributed by atoms with Crippen molar-refractivity contribution in [3.05, 3.63) is 0 Å². The molecule has 0 saturated heterocycles. The molecule has 2 N–H and O–H groups in total. The van der Waals surface area contributed by atoms with Gasteiger partial charge in [-0.3, -0.25) is 19.3 Å². The normalized spacial score (nSPS) is 10.6. The number of ether oxygens (including phenoxy) is 1. The largest absolute Gasteiger partial charge is 0.444 e. The number of imide groups is 1. The highest BCUT2D eigenvalue weighted by molar-refractivity contribution is 7.80. The summed E-state index contributed by atoms with van der Waals surface area (Å²) < 4.78 is 4.96. The molecule has 9 heteroatoms. The maximum absolute atomic E-state index is 11.7. The molecule has 0 rings (SSSR count). The second-order valence-electron chi connectivity index (χ2n) is 5.42. The first-order chi connectivity index (χ1) is 10.1. The molecule has 8 nitrogen and oxygen atoms in total. The topological polar surface area (TPSA) is 105 Å². The van der Waals surface area contributed by atoms with E-state index >= 15 is 0 Å². The Morgan fingerprint density at radius 1 is 1.09 bits per heavy atom. The average molecular weight is 333 g/mol. The molecule has 0 aliphatic rings. The van der Waals surface area contributed by atoms with Crippen LogP contribution in [0.25, 0.3) is 0 Å². The van der Waals surface area contributed by atoms with Crippen molar-refractivity contribution in [3.8, 4) is 0 Å². The molecule has 0 bridgehead atoms. The zero-order valence-electron chi connectivity index (χ0n) is 13.3. The molecule has 0 heterocycles. The standard InChI is InChI=1S/C13H23N3O5S/c1-9(17)16(5-6-22)11(19)8-14-10(18)7-15-12(20)21-13(2,3)4/h22H,5-8H2,1-4H3,(H,14,18)(H,15,20). The summed E-state index contributed by atoms with van der Waals surface area (Å²) in [6.45, 7) is 5.86. The minimum atomic E-state index is -0.727. The van der Waals surface area contributed by atoms with E-state index in [0.29, 0.717) is 5.75 Å². The van der Waals surface area contributed by atoms with Crippen LogP contribution >= 0.6 is 12.6 Å². The Labute approximate surface area is 135 Å². The van der Waals surface area contributed by atoms with Gasteiger partial charge in [0.15, 0.2) is 0 Å². The Balaban J connectivity index is 4.15. The summed E-state index contributed by atoms with van der Waals surface area (Å²) in [4.78, 5) is 46.9. The molecule has 0 fully saturated rings. The molecule has 126 valence electrons. The van der Waals surface area contributed by atoms with E-state index in [1.54, 1.807) is 20.8 Å². The van der Waals surface area contributed by atoms with Gasteiger partial charge in [-0.05, 0) is 20.8 Å². The van der Waals surface area contributed by atoms with Crippen molar-refractivity contribution in [2.24, 2.45) is 0 Å². The molecule has 0 aromatic rings. The third-order valence-corrected chi connectivity index (χ3v) is 2.43. The molecular weight excluding hydrogens is 310 g/mol. The van der Waals surface area contributed by atoms with Crippen LogP contribution in [0.5, 0.6) is 0 Å². The SMILES string of the molecule is CC(=O)N(CCS)C(=O)CNC(=O)CNC(=O)OC(C)(C)C. The van der Waals surface area contributed by atoms with E-state index in [4.69, 9.17) is 4.74 Å². The van der Waals surface area contributed by atoms with Crippen molar-refractivity contribution < 1.29 is 23.9 Å². The fourth-order valence-corrected chi connectivity index (χ4v) is 1.56. The van der Waals surface area contributed by atoms with Gasteiger partial charge >= 0.3 is 6.09 Å². The van der Waals surface area contributed by atoms with Crippen LogP contribution in [-0.2, 0) is 19.1 Å². The number of rotatable bonds is 6. The number of amides is 4. The molecular formula is C13H23N3O5S. The van der Waals surface area contributed by atoms with Crippen molar-refractivity contribution in [1.29, 1.82) is 0 Å². The predicted molar refractivity (Wildman–Crippen MR) is 83.5 cm³/mol. The maximum atomic E-state index is 11.7. The highest BCUT2D eigenvalue weighted by Gasteiger charge is 2.19. The van der Waals surface area contributed by atoms with Gasteiger partial charge in [-0.15, -0.1) is 0 Å². The molecule has 0 radical (unpaired) electrons. The van der Waals surface area contributed by atoms with Crippen molar-refractivity contribution >= 4 is 36.4 Å². The van der Waals surface area contributed by atoms with Gasteiger partial charge in [0.25, 0.3) is 0 Å². The summed E-state index contributed by atoms with van der Waals surface area (Å²) in [6, 6.07) is 0. The van der Waals surface area contributed by atoms with Gasteiger partial charge < -0.3 is 15.4 Å². The zero-order valence-corrected chi connectivity index (χ0v) is 14.2. The van der Waals surface area contributed by atoms with E-state index in [0.717, 1.165) is 4.90 Å². The number of hydrogen-bond acceptors (Lipinski definition) is 6. The molecule has 0 saturated carbocycles. The van der Waals surface area contributed by atoms with Crippen molar-refractivity contribution in [3.63, 3.8) is 0 Å². The molecule has 0 aromatic heterocycles. The number of carbonyl (C=O) groups excluding carboxylic acids is 4. The number of nitrogens with zero attached hydrogens (tertiary/aromatic N) is 1. The van der Waals surface area contributed by atoms with Gasteiger partial charge in [-0.25, -0.2) is 4.79 Å². The molecule has 0 unspecified atom stereocenters. The molecule has 4 amide bonds. The fraction of sp³-hybridized carbons (Fsp3) is 0.692. The van der Waals surface area contributed by atoms with Crippen LogP contribution in [0, 0.1) is 0 Å². The monoisotopic (exact) mass is 333 g/mol. The van der Waals surface area contributed by atoms with E-state index in [9.17, 15) is 19.2 Å². The van der Waals surface area contributed by atoms with Gasteiger partial charge in [0.05, 0.1) is 6.54 Å². The van der Waals surface area contributed by atoms with E-state index in [-0.39, 0.29) is 19.6 Å². The Morgan fingerprint density at radius 3 is 2.14 bits per heavy atom. The number of thiol groups is 1. The Morgan fingerprint density at radius 2 is 1.68 bits per heavy atom.